The number of anilines is 1. The molecule has 0 aromatic heterocycles. The second kappa shape index (κ2) is 5.28. The molecule has 116 valence electrons. The molecule has 0 heterocycles. The second-order valence-electron chi connectivity index (χ2n) is 5.43. The SMILES string of the molecule is COC(=O)CN(c1ccc2c3c(cccc13)CC2)S(C)(=O)=O. The van der Waals surface area contributed by atoms with Crippen LogP contribution in [-0.2, 0) is 32.4 Å². The fraction of sp³-hybridized carbons (Fsp3) is 0.312. The predicted molar refractivity (Wildman–Crippen MR) is 85.6 cm³/mol. The van der Waals surface area contributed by atoms with Gasteiger partial charge in [0.15, 0.2) is 0 Å². The molecule has 5 nitrogen and oxygen atoms in total. The number of carbonyl (C=O) groups excluding carboxylic acids is 1. The van der Waals surface area contributed by atoms with Crippen LogP contribution in [0.5, 0.6) is 0 Å². The fourth-order valence-electron chi connectivity index (χ4n) is 3.01. The van der Waals surface area contributed by atoms with E-state index < -0.39 is 16.0 Å². The van der Waals surface area contributed by atoms with Crippen molar-refractivity contribution in [3.8, 4) is 0 Å². The Morgan fingerprint density at radius 1 is 1.18 bits per heavy atom. The van der Waals surface area contributed by atoms with Gasteiger partial charge in [-0.1, -0.05) is 24.3 Å². The zero-order valence-corrected chi connectivity index (χ0v) is 13.3. The topological polar surface area (TPSA) is 63.7 Å². The maximum absolute atomic E-state index is 12.1. The van der Waals surface area contributed by atoms with Crippen LogP contribution in [0.3, 0.4) is 0 Å². The number of benzene rings is 2. The van der Waals surface area contributed by atoms with Crippen molar-refractivity contribution < 1.29 is 17.9 Å². The Morgan fingerprint density at radius 2 is 1.86 bits per heavy atom. The average Bonchev–Trinajstić information content (AvgIpc) is 2.90. The summed E-state index contributed by atoms with van der Waals surface area (Å²) in [6.07, 6.45) is 3.02. The lowest BCUT2D eigenvalue weighted by atomic mass is 10.0. The zero-order valence-electron chi connectivity index (χ0n) is 12.5. The Balaban J connectivity index is 2.21. The quantitative estimate of drug-likeness (QED) is 0.807. The van der Waals surface area contributed by atoms with E-state index in [9.17, 15) is 13.2 Å². The van der Waals surface area contributed by atoms with Gasteiger partial charge in [-0.15, -0.1) is 0 Å². The molecule has 22 heavy (non-hydrogen) atoms. The van der Waals surface area contributed by atoms with Crippen LogP contribution >= 0.6 is 0 Å². The molecule has 0 bridgehead atoms. The molecule has 3 rings (SSSR count). The van der Waals surface area contributed by atoms with E-state index in [1.807, 2.05) is 18.2 Å². The van der Waals surface area contributed by atoms with E-state index in [1.54, 1.807) is 6.07 Å². The largest absolute Gasteiger partial charge is 0.468 e. The smallest absolute Gasteiger partial charge is 0.326 e. The van der Waals surface area contributed by atoms with E-state index in [0.29, 0.717) is 5.69 Å². The van der Waals surface area contributed by atoms with Crippen molar-refractivity contribution in [3.63, 3.8) is 0 Å². The molecular formula is C16H17NO4S. The fourth-order valence-corrected chi connectivity index (χ4v) is 3.87. The maximum atomic E-state index is 12.1. The number of sulfonamides is 1. The number of esters is 1. The zero-order chi connectivity index (χ0) is 15.9. The molecule has 0 N–H and O–H groups in total. The minimum absolute atomic E-state index is 0.325. The summed E-state index contributed by atoms with van der Waals surface area (Å²) in [5.74, 6) is -0.589. The van der Waals surface area contributed by atoms with Crippen molar-refractivity contribution in [1.29, 1.82) is 0 Å². The highest BCUT2D eigenvalue weighted by molar-refractivity contribution is 7.92. The molecule has 0 unspecified atom stereocenters. The molecule has 0 fully saturated rings. The van der Waals surface area contributed by atoms with E-state index in [0.717, 1.165) is 34.2 Å². The molecular weight excluding hydrogens is 302 g/mol. The first-order chi connectivity index (χ1) is 10.4. The molecule has 1 aliphatic rings. The average molecular weight is 319 g/mol. The first kappa shape index (κ1) is 14.8. The molecule has 2 aromatic rings. The highest BCUT2D eigenvalue weighted by atomic mass is 32.2. The van der Waals surface area contributed by atoms with Crippen molar-refractivity contribution in [2.75, 3.05) is 24.2 Å². The summed E-state index contributed by atoms with van der Waals surface area (Å²) in [6, 6.07) is 9.61. The van der Waals surface area contributed by atoms with Crippen molar-refractivity contribution in [1.82, 2.24) is 0 Å². The van der Waals surface area contributed by atoms with Crippen LogP contribution in [0.4, 0.5) is 5.69 Å². The van der Waals surface area contributed by atoms with Crippen LogP contribution in [0.1, 0.15) is 11.1 Å². The normalized spacial score (nSPS) is 13.4. The molecule has 0 saturated carbocycles. The van der Waals surface area contributed by atoms with Crippen LogP contribution in [-0.4, -0.2) is 34.3 Å². The van der Waals surface area contributed by atoms with Gasteiger partial charge in [0.25, 0.3) is 0 Å². The van der Waals surface area contributed by atoms with Gasteiger partial charge in [0.05, 0.1) is 19.1 Å². The monoisotopic (exact) mass is 319 g/mol. The number of ether oxygens (including phenoxy) is 1. The van der Waals surface area contributed by atoms with Gasteiger partial charge in [0.1, 0.15) is 6.54 Å². The standard InChI is InChI=1S/C16H17NO4S/c1-21-15(18)10-17(22(2,19)20)14-9-8-12-7-6-11-4-3-5-13(14)16(11)12/h3-5,8-9H,6-7,10H2,1-2H3. The number of carbonyl (C=O) groups is 1. The molecule has 0 spiro atoms. The van der Waals surface area contributed by atoms with Crippen LogP contribution in [0.25, 0.3) is 10.8 Å². The summed E-state index contributed by atoms with van der Waals surface area (Å²) in [5.41, 5.74) is 2.97. The van der Waals surface area contributed by atoms with Gasteiger partial charge in [0, 0.05) is 5.39 Å². The Bertz CT molecular complexity index is 848. The Labute approximate surface area is 129 Å². The van der Waals surface area contributed by atoms with Gasteiger partial charge in [-0.3, -0.25) is 9.10 Å². The lowest BCUT2D eigenvalue weighted by Crippen LogP contribution is -2.35. The summed E-state index contributed by atoms with van der Waals surface area (Å²) in [7, 11) is -2.34. The van der Waals surface area contributed by atoms with Gasteiger partial charge in [-0.25, -0.2) is 8.42 Å². The van der Waals surface area contributed by atoms with Crippen LogP contribution in [0.15, 0.2) is 30.3 Å². The van der Waals surface area contributed by atoms with E-state index in [4.69, 9.17) is 0 Å². The van der Waals surface area contributed by atoms with Crippen LogP contribution in [0, 0.1) is 0 Å². The molecule has 6 heteroatoms. The highest BCUT2D eigenvalue weighted by Crippen LogP contribution is 2.37. The minimum atomic E-state index is -3.59. The van der Waals surface area contributed by atoms with E-state index in [1.165, 1.54) is 18.2 Å². The molecule has 0 atom stereocenters. The first-order valence-corrected chi connectivity index (χ1v) is 8.84. The van der Waals surface area contributed by atoms with Gasteiger partial charge < -0.3 is 4.74 Å². The van der Waals surface area contributed by atoms with Crippen molar-refractivity contribution in [2.45, 2.75) is 12.8 Å². The van der Waals surface area contributed by atoms with Crippen LogP contribution < -0.4 is 4.31 Å². The third-order valence-corrected chi connectivity index (χ3v) is 5.15. The summed E-state index contributed by atoms with van der Waals surface area (Å²) < 4.78 is 30.0. The lowest BCUT2D eigenvalue weighted by Gasteiger charge is -2.23. The van der Waals surface area contributed by atoms with Gasteiger partial charge in [-0.05, 0) is 35.4 Å². The first-order valence-electron chi connectivity index (χ1n) is 7.00. The minimum Gasteiger partial charge on any atom is -0.468 e. The number of rotatable bonds is 4. The lowest BCUT2D eigenvalue weighted by molar-refractivity contribution is -0.138. The van der Waals surface area contributed by atoms with Gasteiger partial charge in [0.2, 0.25) is 10.0 Å². The molecule has 1 aliphatic carbocycles. The molecule has 0 amide bonds. The Morgan fingerprint density at radius 3 is 2.50 bits per heavy atom. The Kier molecular flexibility index (Phi) is 3.56. The summed E-state index contributed by atoms with van der Waals surface area (Å²) in [6.45, 7) is -0.325. The maximum Gasteiger partial charge on any atom is 0.326 e. The van der Waals surface area contributed by atoms with Gasteiger partial charge in [-0.2, -0.15) is 0 Å². The van der Waals surface area contributed by atoms with Crippen molar-refractivity contribution in [2.24, 2.45) is 0 Å². The summed E-state index contributed by atoms with van der Waals surface area (Å²) in [4.78, 5) is 11.6. The van der Waals surface area contributed by atoms with E-state index in [-0.39, 0.29) is 6.54 Å². The number of aryl methyl sites for hydroxylation is 2. The van der Waals surface area contributed by atoms with Gasteiger partial charge >= 0.3 is 5.97 Å². The van der Waals surface area contributed by atoms with Crippen LogP contribution in [0.2, 0.25) is 0 Å². The molecule has 0 saturated heterocycles. The molecule has 0 radical (unpaired) electrons. The molecule has 2 aromatic carbocycles. The van der Waals surface area contributed by atoms with E-state index in [2.05, 4.69) is 10.8 Å². The third-order valence-electron chi connectivity index (χ3n) is 4.02. The number of hydrogen-bond acceptors (Lipinski definition) is 4. The third kappa shape index (κ3) is 2.43. The van der Waals surface area contributed by atoms with E-state index >= 15 is 0 Å². The Hall–Kier alpha value is -2.08. The van der Waals surface area contributed by atoms with Crippen molar-refractivity contribution >= 4 is 32.5 Å². The number of methoxy groups -OCH3 is 1. The summed E-state index contributed by atoms with van der Waals surface area (Å²) in [5, 5.41) is 1.97. The second-order valence-corrected chi connectivity index (χ2v) is 7.34. The van der Waals surface area contributed by atoms with Crippen molar-refractivity contribution in [3.05, 3.63) is 41.5 Å². The number of hydrogen-bond donors (Lipinski definition) is 0. The predicted octanol–water partition coefficient (Wildman–Crippen LogP) is 1.88. The highest BCUT2D eigenvalue weighted by Gasteiger charge is 2.25. The summed E-state index contributed by atoms with van der Waals surface area (Å²) >= 11 is 0. The molecule has 0 aliphatic heterocycles. The number of nitrogens with zero attached hydrogens (tertiary/aromatic N) is 1.